The molecule has 0 bridgehead atoms. The van der Waals surface area contributed by atoms with E-state index in [9.17, 15) is 36.8 Å². The van der Waals surface area contributed by atoms with E-state index < -0.39 is 24.2 Å². The van der Waals surface area contributed by atoms with Gasteiger partial charge in [-0.25, -0.2) is 9.69 Å². The molecule has 1 amide bonds. The van der Waals surface area contributed by atoms with Crippen LogP contribution in [0.25, 0.3) is 5.69 Å². The van der Waals surface area contributed by atoms with Crippen LogP contribution in [-0.2, 0) is 22.1 Å². The second-order valence-corrected chi connectivity index (χ2v) is 9.40. The molecular weight excluding hydrogens is 543 g/mol. The van der Waals surface area contributed by atoms with Crippen molar-refractivity contribution in [3.05, 3.63) is 40.7 Å². The Morgan fingerprint density at radius 2 is 2.00 bits per heavy atom. The average molecular weight is 571 g/mol. The van der Waals surface area contributed by atoms with E-state index in [1.165, 1.54) is 0 Å². The number of nitriles is 1. The lowest BCUT2D eigenvalue weighted by molar-refractivity contribution is -0.168. The number of nitrogens with zero attached hydrogens (tertiary/aromatic N) is 6. The Bertz CT molecular complexity index is 1270. The lowest BCUT2D eigenvalue weighted by Crippen LogP contribution is -2.56. The third kappa shape index (κ3) is 6.40. The van der Waals surface area contributed by atoms with Gasteiger partial charge in [-0.2, -0.15) is 32.3 Å². The van der Waals surface area contributed by atoms with Gasteiger partial charge in [-0.05, 0) is 44.5 Å². The van der Waals surface area contributed by atoms with Crippen LogP contribution in [-0.4, -0.2) is 96.0 Å². The van der Waals surface area contributed by atoms with Crippen LogP contribution in [0.2, 0.25) is 0 Å². The number of rotatable bonds is 9. The van der Waals surface area contributed by atoms with E-state index in [1.807, 2.05) is 9.91 Å². The van der Waals surface area contributed by atoms with E-state index in [4.69, 9.17) is 4.74 Å². The Morgan fingerprint density at radius 3 is 2.60 bits per heavy atom. The number of likely N-dealkylation sites (N-methyl/N-ethyl adjacent to an activating group) is 1. The molecular formula is C25H27F5N6O4. The molecule has 4 rings (SSSR count). The van der Waals surface area contributed by atoms with Crippen LogP contribution in [0.15, 0.2) is 18.2 Å². The van der Waals surface area contributed by atoms with Gasteiger partial charge in [0.25, 0.3) is 5.91 Å². The first-order valence-electron chi connectivity index (χ1n) is 12.5. The highest BCUT2D eigenvalue weighted by Gasteiger charge is 2.39. The molecule has 0 N–H and O–H groups in total. The van der Waals surface area contributed by atoms with E-state index in [0.717, 1.165) is 22.9 Å². The third-order valence-electron chi connectivity index (χ3n) is 7.03. The predicted molar refractivity (Wildman–Crippen MR) is 129 cm³/mol. The van der Waals surface area contributed by atoms with Gasteiger partial charge < -0.3 is 14.4 Å². The molecule has 15 heteroatoms. The molecule has 3 heterocycles. The maximum atomic E-state index is 14.0. The Labute approximate surface area is 226 Å². The van der Waals surface area contributed by atoms with Gasteiger partial charge in [0.05, 0.1) is 24.4 Å². The Kier molecular flexibility index (Phi) is 9.02. The van der Waals surface area contributed by atoms with Crippen molar-refractivity contribution in [2.75, 3.05) is 46.4 Å². The number of halogens is 5. The number of carbonyl (C=O) groups is 2. The summed E-state index contributed by atoms with van der Waals surface area (Å²) in [6, 6.07) is 4.88. The fraction of sp³-hybridized carbons (Fsp3) is 0.520. The molecule has 0 radical (unpaired) electrons. The van der Waals surface area contributed by atoms with Crippen LogP contribution in [0.1, 0.15) is 40.2 Å². The lowest BCUT2D eigenvalue weighted by atomic mass is 10.0. The van der Waals surface area contributed by atoms with Crippen LogP contribution < -0.4 is 4.74 Å². The van der Waals surface area contributed by atoms with Crippen molar-refractivity contribution in [1.29, 1.82) is 5.26 Å². The molecule has 0 aliphatic carbocycles. The van der Waals surface area contributed by atoms with Gasteiger partial charge in [0.1, 0.15) is 24.1 Å². The number of hydrogen-bond donors (Lipinski definition) is 0. The molecule has 0 saturated carbocycles. The minimum Gasteiger partial charge on any atom is -0.433 e. The van der Waals surface area contributed by atoms with Crippen molar-refractivity contribution < 1.29 is 41.0 Å². The molecule has 2 aliphatic heterocycles. The van der Waals surface area contributed by atoms with Gasteiger partial charge in [-0.1, -0.05) is 0 Å². The van der Waals surface area contributed by atoms with E-state index in [0.29, 0.717) is 39.1 Å². The molecule has 0 unspecified atom stereocenters. The molecule has 1 aromatic heterocycles. The van der Waals surface area contributed by atoms with Crippen molar-refractivity contribution in [3.63, 3.8) is 0 Å². The zero-order valence-corrected chi connectivity index (χ0v) is 21.5. The Hall–Kier alpha value is -3.61. The van der Waals surface area contributed by atoms with E-state index >= 15 is 0 Å². The molecule has 2 saturated heterocycles. The van der Waals surface area contributed by atoms with Crippen LogP contribution >= 0.6 is 0 Å². The number of hydrazine groups is 1. The van der Waals surface area contributed by atoms with Crippen LogP contribution in [0.4, 0.5) is 22.0 Å². The number of morpholine rings is 1. The largest absolute Gasteiger partial charge is 0.435 e. The van der Waals surface area contributed by atoms with Gasteiger partial charge in [-0.15, -0.1) is 0 Å². The first kappa shape index (κ1) is 29.4. The van der Waals surface area contributed by atoms with Gasteiger partial charge in [0, 0.05) is 31.2 Å². The summed E-state index contributed by atoms with van der Waals surface area (Å²) in [5.74, 6) is -0.558. The summed E-state index contributed by atoms with van der Waals surface area (Å²) in [6.07, 6.45) is -3.37. The van der Waals surface area contributed by atoms with Crippen molar-refractivity contribution in [2.24, 2.45) is 0 Å². The number of hydrogen-bond acceptors (Lipinski definition) is 8. The number of amides is 1. The first-order valence-corrected chi connectivity index (χ1v) is 12.5. The maximum Gasteiger partial charge on any atom is 0.435 e. The number of ether oxygens (including phenoxy) is 2. The van der Waals surface area contributed by atoms with Gasteiger partial charge in [0.2, 0.25) is 0 Å². The van der Waals surface area contributed by atoms with Crippen molar-refractivity contribution >= 4 is 12.2 Å². The normalized spacial score (nSPS) is 17.5. The first-order chi connectivity index (χ1) is 19.0. The zero-order valence-electron chi connectivity index (χ0n) is 21.5. The van der Waals surface area contributed by atoms with Crippen molar-refractivity contribution in [1.82, 2.24) is 24.7 Å². The minimum atomic E-state index is -4.87. The second kappa shape index (κ2) is 12.3. The number of aromatic nitrogens is 2. The second-order valence-electron chi connectivity index (χ2n) is 9.40. The molecule has 1 aromatic carbocycles. The van der Waals surface area contributed by atoms with E-state index in [1.54, 1.807) is 18.1 Å². The Balaban J connectivity index is 1.51. The molecule has 0 spiro atoms. The highest BCUT2D eigenvalue weighted by atomic mass is 19.4. The number of aldehydes is 1. The molecule has 10 nitrogen and oxygen atoms in total. The number of piperidine rings is 1. The summed E-state index contributed by atoms with van der Waals surface area (Å²) in [4.78, 5) is 26.0. The lowest BCUT2D eigenvalue weighted by Gasteiger charge is -2.43. The van der Waals surface area contributed by atoms with E-state index in [2.05, 4.69) is 9.84 Å². The number of benzene rings is 1. The van der Waals surface area contributed by atoms with Crippen LogP contribution in [0, 0.1) is 11.3 Å². The maximum absolute atomic E-state index is 14.0. The fourth-order valence-corrected chi connectivity index (χ4v) is 5.01. The van der Waals surface area contributed by atoms with Gasteiger partial charge in [-0.3, -0.25) is 14.6 Å². The third-order valence-corrected chi connectivity index (χ3v) is 7.03. The summed E-state index contributed by atoms with van der Waals surface area (Å²) in [5, 5.41) is 16.6. The monoisotopic (exact) mass is 570 g/mol. The zero-order chi connectivity index (χ0) is 29.0. The SMILES string of the molecule is CN(CCc1c(C(F)(F)F)nn(-c2ccc(OC(F)F)c(C#N)c2)c1C=O)C1CCN(N2CCOCC2=O)CC1. The summed E-state index contributed by atoms with van der Waals surface area (Å²) in [7, 11) is 1.79. The topological polar surface area (TPSA) is 104 Å². The molecule has 2 aromatic rings. The fourth-order valence-electron chi connectivity index (χ4n) is 5.01. The van der Waals surface area contributed by atoms with E-state index in [-0.39, 0.29) is 60.3 Å². The standard InChI is InChI=1S/C25H27F5N6O4/c1-33(17-4-8-34(9-5-17)35-10-11-39-15-22(35)38)7-6-19-20(14-37)36(32-23(19)25(28,29)30)18-2-3-21(40-24(26)27)16(12-18)13-31/h2-3,12,14,17,24H,4-11,15H2,1H3. The summed E-state index contributed by atoms with van der Waals surface area (Å²) in [5.41, 5.74) is -2.35. The average Bonchev–Trinajstić information content (AvgIpc) is 3.31. The molecule has 2 aliphatic rings. The highest BCUT2D eigenvalue weighted by Crippen LogP contribution is 2.34. The van der Waals surface area contributed by atoms with Crippen molar-refractivity contribution in [3.8, 4) is 17.5 Å². The van der Waals surface area contributed by atoms with Crippen molar-refractivity contribution in [2.45, 2.75) is 38.1 Å². The summed E-state index contributed by atoms with van der Waals surface area (Å²) >= 11 is 0. The highest BCUT2D eigenvalue weighted by molar-refractivity contribution is 5.77. The number of carbonyl (C=O) groups excluding carboxylic acids is 2. The summed E-state index contributed by atoms with van der Waals surface area (Å²) < 4.78 is 77.3. The van der Waals surface area contributed by atoms with Gasteiger partial charge in [0.15, 0.2) is 12.0 Å². The number of alkyl halides is 5. The quantitative estimate of drug-likeness (QED) is 0.335. The predicted octanol–water partition coefficient (Wildman–Crippen LogP) is 2.89. The van der Waals surface area contributed by atoms with Crippen LogP contribution in [0.3, 0.4) is 0 Å². The Morgan fingerprint density at radius 1 is 1.27 bits per heavy atom. The molecule has 0 atom stereocenters. The molecule has 40 heavy (non-hydrogen) atoms. The van der Waals surface area contributed by atoms with Gasteiger partial charge >= 0.3 is 12.8 Å². The molecule has 216 valence electrons. The summed E-state index contributed by atoms with van der Waals surface area (Å²) in [6.45, 7) is -0.804. The minimum absolute atomic E-state index is 0.0412. The molecule has 2 fully saturated rings. The van der Waals surface area contributed by atoms with Crippen LogP contribution in [0.5, 0.6) is 5.75 Å². The smallest absolute Gasteiger partial charge is 0.433 e.